The molecule has 0 fully saturated rings. The number of hydrogen-bond acceptors (Lipinski definition) is 4. The fraction of sp³-hybridized carbons (Fsp3) is 0.211. The molecule has 3 aromatic rings. The molecule has 4 nitrogen and oxygen atoms in total. The summed E-state index contributed by atoms with van der Waals surface area (Å²) in [7, 11) is -1.12. The van der Waals surface area contributed by atoms with E-state index in [0.29, 0.717) is 24.0 Å². The molecule has 24 heavy (non-hydrogen) atoms. The van der Waals surface area contributed by atoms with Crippen molar-refractivity contribution >= 4 is 10.8 Å². The molecule has 0 amide bonds. The Balaban J connectivity index is 1.67. The summed E-state index contributed by atoms with van der Waals surface area (Å²) in [6, 6.07) is 17.4. The van der Waals surface area contributed by atoms with Crippen molar-refractivity contribution in [2.24, 2.45) is 0 Å². The first-order valence-electron chi connectivity index (χ1n) is 7.82. The standard InChI is InChI=1S/C19H19NO3S/c1-2-22-17-11-7-6-10-16(17)13-24(21)14-19-20-12-18(23-19)15-8-4-3-5-9-15/h3-12H,2,13-14H2,1H3/t24-/m1/s1. The van der Waals surface area contributed by atoms with Crippen LogP contribution in [0.3, 0.4) is 0 Å². The Morgan fingerprint density at radius 3 is 2.58 bits per heavy atom. The van der Waals surface area contributed by atoms with E-state index < -0.39 is 10.8 Å². The maximum Gasteiger partial charge on any atom is 0.207 e. The summed E-state index contributed by atoms with van der Waals surface area (Å²) in [6.07, 6.45) is 1.68. The van der Waals surface area contributed by atoms with Crippen LogP contribution in [-0.4, -0.2) is 15.8 Å². The number of ether oxygens (including phenoxy) is 1. The van der Waals surface area contributed by atoms with Gasteiger partial charge < -0.3 is 9.15 Å². The summed E-state index contributed by atoms with van der Waals surface area (Å²) in [6.45, 7) is 2.52. The Hall–Kier alpha value is -2.40. The van der Waals surface area contributed by atoms with Crippen molar-refractivity contribution in [3.8, 4) is 17.1 Å². The minimum absolute atomic E-state index is 0.285. The molecule has 0 aliphatic rings. The van der Waals surface area contributed by atoms with E-state index in [1.54, 1.807) is 6.20 Å². The number of para-hydroxylation sites is 1. The van der Waals surface area contributed by atoms with Gasteiger partial charge in [0.1, 0.15) is 11.5 Å². The highest BCUT2D eigenvalue weighted by Crippen LogP contribution is 2.23. The van der Waals surface area contributed by atoms with Gasteiger partial charge in [-0.15, -0.1) is 0 Å². The molecule has 0 unspecified atom stereocenters. The van der Waals surface area contributed by atoms with Crippen LogP contribution < -0.4 is 4.74 Å². The molecule has 0 saturated heterocycles. The average Bonchev–Trinajstić information content (AvgIpc) is 3.06. The Morgan fingerprint density at radius 2 is 1.79 bits per heavy atom. The van der Waals surface area contributed by atoms with Crippen LogP contribution in [-0.2, 0) is 22.3 Å². The highest BCUT2D eigenvalue weighted by Gasteiger charge is 2.12. The monoisotopic (exact) mass is 341 g/mol. The molecular weight excluding hydrogens is 322 g/mol. The van der Waals surface area contributed by atoms with Crippen LogP contribution in [0.25, 0.3) is 11.3 Å². The molecule has 1 aromatic heterocycles. The van der Waals surface area contributed by atoms with E-state index in [1.165, 1.54) is 0 Å². The summed E-state index contributed by atoms with van der Waals surface area (Å²) in [5.74, 6) is 2.66. The van der Waals surface area contributed by atoms with E-state index in [4.69, 9.17) is 9.15 Å². The molecule has 5 heteroatoms. The van der Waals surface area contributed by atoms with E-state index >= 15 is 0 Å². The summed E-state index contributed by atoms with van der Waals surface area (Å²) in [5.41, 5.74) is 1.90. The molecule has 0 aliphatic carbocycles. The number of benzene rings is 2. The van der Waals surface area contributed by atoms with E-state index in [1.807, 2.05) is 61.5 Å². The molecule has 3 rings (SSSR count). The van der Waals surface area contributed by atoms with Crippen molar-refractivity contribution in [2.75, 3.05) is 6.61 Å². The van der Waals surface area contributed by atoms with Gasteiger partial charge in [-0.05, 0) is 13.0 Å². The maximum atomic E-state index is 12.4. The third-order valence-corrected chi connectivity index (χ3v) is 4.69. The second-order valence-electron chi connectivity index (χ2n) is 5.25. The van der Waals surface area contributed by atoms with Gasteiger partial charge in [0.05, 0.1) is 18.6 Å². The van der Waals surface area contributed by atoms with Crippen LogP contribution in [0.2, 0.25) is 0 Å². The third kappa shape index (κ3) is 4.11. The van der Waals surface area contributed by atoms with E-state index in [0.717, 1.165) is 16.9 Å². The maximum absolute atomic E-state index is 12.4. The van der Waals surface area contributed by atoms with Crippen molar-refractivity contribution < 1.29 is 13.4 Å². The van der Waals surface area contributed by atoms with Crippen LogP contribution in [0, 0.1) is 0 Å². The first kappa shape index (κ1) is 16.5. The normalized spacial score (nSPS) is 12.0. The minimum atomic E-state index is -1.12. The van der Waals surface area contributed by atoms with Gasteiger partial charge >= 0.3 is 0 Å². The number of hydrogen-bond donors (Lipinski definition) is 0. The molecule has 124 valence electrons. The van der Waals surface area contributed by atoms with Crippen molar-refractivity contribution in [2.45, 2.75) is 18.4 Å². The van der Waals surface area contributed by atoms with Crippen molar-refractivity contribution in [3.63, 3.8) is 0 Å². The fourth-order valence-electron chi connectivity index (χ4n) is 2.39. The summed E-state index contributed by atoms with van der Waals surface area (Å²) < 4.78 is 23.7. The third-order valence-electron chi connectivity index (χ3n) is 3.49. The van der Waals surface area contributed by atoms with Crippen molar-refractivity contribution in [1.82, 2.24) is 4.98 Å². The molecule has 0 bridgehead atoms. The van der Waals surface area contributed by atoms with Crippen molar-refractivity contribution in [1.29, 1.82) is 0 Å². The van der Waals surface area contributed by atoms with E-state index in [9.17, 15) is 4.21 Å². The van der Waals surface area contributed by atoms with Gasteiger partial charge in [0, 0.05) is 21.9 Å². The molecule has 0 radical (unpaired) electrons. The summed E-state index contributed by atoms with van der Waals surface area (Å²) in [4.78, 5) is 4.24. The van der Waals surface area contributed by atoms with Gasteiger partial charge in [0.15, 0.2) is 5.76 Å². The first-order valence-corrected chi connectivity index (χ1v) is 9.31. The predicted octanol–water partition coefficient (Wildman–Crippen LogP) is 4.19. The smallest absolute Gasteiger partial charge is 0.207 e. The van der Waals surface area contributed by atoms with Crippen LogP contribution in [0.1, 0.15) is 18.4 Å². The Bertz CT molecular complexity index is 814. The number of oxazole rings is 1. The number of nitrogens with zero attached hydrogens (tertiary/aromatic N) is 1. The fourth-order valence-corrected chi connectivity index (χ4v) is 3.49. The zero-order valence-electron chi connectivity index (χ0n) is 13.5. The average molecular weight is 341 g/mol. The summed E-state index contributed by atoms with van der Waals surface area (Å²) in [5, 5.41) is 0. The molecular formula is C19H19NO3S. The van der Waals surface area contributed by atoms with Crippen LogP contribution in [0.5, 0.6) is 5.75 Å². The Labute approximate surface area is 144 Å². The highest BCUT2D eigenvalue weighted by atomic mass is 32.2. The Morgan fingerprint density at radius 1 is 1.04 bits per heavy atom. The zero-order valence-corrected chi connectivity index (χ0v) is 14.3. The topological polar surface area (TPSA) is 52.3 Å². The van der Waals surface area contributed by atoms with Gasteiger partial charge in [-0.25, -0.2) is 4.98 Å². The van der Waals surface area contributed by atoms with Gasteiger partial charge in [0.2, 0.25) is 5.89 Å². The lowest BCUT2D eigenvalue weighted by Gasteiger charge is -2.09. The molecule has 1 heterocycles. The molecule has 1 atom stereocenters. The first-order chi connectivity index (χ1) is 11.8. The lowest BCUT2D eigenvalue weighted by atomic mass is 10.2. The quantitative estimate of drug-likeness (QED) is 0.646. The molecule has 0 saturated carbocycles. The Kier molecular flexibility index (Phi) is 5.43. The highest BCUT2D eigenvalue weighted by molar-refractivity contribution is 7.83. The van der Waals surface area contributed by atoms with Gasteiger partial charge in [-0.3, -0.25) is 4.21 Å². The van der Waals surface area contributed by atoms with Crippen LogP contribution >= 0.6 is 0 Å². The van der Waals surface area contributed by atoms with E-state index in [2.05, 4.69) is 4.98 Å². The number of aromatic nitrogens is 1. The second kappa shape index (κ2) is 7.93. The summed E-state index contributed by atoms with van der Waals surface area (Å²) >= 11 is 0. The van der Waals surface area contributed by atoms with Crippen LogP contribution in [0.15, 0.2) is 65.2 Å². The predicted molar refractivity (Wildman–Crippen MR) is 95.1 cm³/mol. The van der Waals surface area contributed by atoms with Crippen LogP contribution in [0.4, 0.5) is 0 Å². The largest absolute Gasteiger partial charge is 0.494 e. The van der Waals surface area contributed by atoms with Gasteiger partial charge in [-0.2, -0.15) is 0 Å². The molecule has 0 spiro atoms. The van der Waals surface area contributed by atoms with E-state index in [-0.39, 0.29) is 5.75 Å². The SMILES string of the molecule is CCOc1ccccc1C[S@@](=O)Cc1ncc(-c2ccccc2)o1. The van der Waals surface area contributed by atoms with Gasteiger partial charge in [-0.1, -0.05) is 48.5 Å². The zero-order chi connectivity index (χ0) is 16.8. The second-order valence-corrected chi connectivity index (χ2v) is 6.71. The lowest BCUT2D eigenvalue weighted by Crippen LogP contribution is -2.02. The molecule has 2 aromatic carbocycles. The number of rotatable bonds is 7. The molecule has 0 aliphatic heterocycles. The minimum Gasteiger partial charge on any atom is -0.494 e. The lowest BCUT2D eigenvalue weighted by molar-refractivity contribution is 0.337. The van der Waals surface area contributed by atoms with Crippen molar-refractivity contribution in [3.05, 3.63) is 72.2 Å². The van der Waals surface area contributed by atoms with Gasteiger partial charge in [0.25, 0.3) is 0 Å². The molecule has 0 N–H and O–H groups in total.